The lowest BCUT2D eigenvalue weighted by Gasteiger charge is -2.11. The zero-order chi connectivity index (χ0) is 14.5. The van der Waals surface area contributed by atoms with Crippen molar-refractivity contribution in [3.8, 4) is 0 Å². The van der Waals surface area contributed by atoms with Gasteiger partial charge in [-0.25, -0.2) is 9.78 Å². The van der Waals surface area contributed by atoms with Gasteiger partial charge >= 0.3 is 5.97 Å². The summed E-state index contributed by atoms with van der Waals surface area (Å²) in [5.74, 6) is -0.0857. The highest BCUT2D eigenvalue weighted by molar-refractivity contribution is 6.31. The molecule has 6 heteroatoms. The van der Waals surface area contributed by atoms with Crippen LogP contribution in [0.1, 0.15) is 15.9 Å². The molecule has 2 rings (SSSR count). The Bertz CT molecular complexity index is 632. The van der Waals surface area contributed by atoms with Crippen molar-refractivity contribution in [2.75, 3.05) is 18.2 Å². The molecule has 5 nitrogen and oxygen atoms in total. The number of ether oxygens (including phenoxy) is 1. The van der Waals surface area contributed by atoms with Gasteiger partial charge in [-0.3, -0.25) is 0 Å². The summed E-state index contributed by atoms with van der Waals surface area (Å²) in [6.07, 6.45) is 1.47. The van der Waals surface area contributed by atoms with Gasteiger partial charge in [0, 0.05) is 11.6 Å². The van der Waals surface area contributed by atoms with Crippen LogP contribution in [0.2, 0.25) is 5.02 Å². The molecule has 2 aromatic rings. The van der Waals surface area contributed by atoms with E-state index in [-0.39, 0.29) is 0 Å². The van der Waals surface area contributed by atoms with E-state index in [0.29, 0.717) is 28.6 Å². The molecule has 0 radical (unpaired) electrons. The van der Waals surface area contributed by atoms with Gasteiger partial charge in [-0.05, 0) is 17.7 Å². The number of pyridine rings is 1. The van der Waals surface area contributed by atoms with Crippen LogP contribution in [-0.4, -0.2) is 18.1 Å². The van der Waals surface area contributed by atoms with Gasteiger partial charge in [0.2, 0.25) is 0 Å². The number of halogens is 1. The van der Waals surface area contributed by atoms with Gasteiger partial charge in [0.25, 0.3) is 0 Å². The van der Waals surface area contributed by atoms with Crippen LogP contribution in [0.25, 0.3) is 0 Å². The molecule has 0 saturated heterocycles. The lowest BCUT2D eigenvalue weighted by molar-refractivity contribution is 0.0601. The normalized spacial score (nSPS) is 10.1. The van der Waals surface area contributed by atoms with Gasteiger partial charge in [-0.1, -0.05) is 29.8 Å². The van der Waals surface area contributed by atoms with E-state index in [9.17, 15) is 4.79 Å². The number of aromatic nitrogens is 1. The van der Waals surface area contributed by atoms with Crippen LogP contribution in [0, 0.1) is 0 Å². The lowest BCUT2D eigenvalue weighted by Crippen LogP contribution is -2.11. The average molecular weight is 292 g/mol. The largest absolute Gasteiger partial charge is 0.465 e. The number of anilines is 2. The third-order valence-electron chi connectivity index (χ3n) is 2.72. The summed E-state index contributed by atoms with van der Waals surface area (Å²) in [5.41, 5.74) is 7.23. The molecule has 0 unspecified atom stereocenters. The lowest BCUT2D eigenvalue weighted by atomic mass is 10.2. The topological polar surface area (TPSA) is 77.2 Å². The SMILES string of the molecule is COC(=O)c1cc(N)cnc1NCc1ccccc1Cl. The highest BCUT2D eigenvalue weighted by atomic mass is 35.5. The number of hydrogen-bond acceptors (Lipinski definition) is 5. The van der Waals surface area contributed by atoms with Crippen molar-refractivity contribution in [3.05, 3.63) is 52.7 Å². The Kier molecular flexibility index (Phi) is 4.42. The molecule has 0 atom stereocenters. The molecular weight excluding hydrogens is 278 g/mol. The molecule has 1 aromatic carbocycles. The van der Waals surface area contributed by atoms with Gasteiger partial charge in [-0.15, -0.1) is 0 Å². The minimum Gasteiger partial charge on any atom is -0.465 e. The molecular formula is C14H14ClN3O2. The van der Waals surface area contributed by atoms with E-state index >= 15 is 0 Å². The highest BCUT2D eigenvalue weighted by Crippen LogP contribution is 2.20. The molecule has 0 fully saturated rings. The number of nitrogen functional groups attached to an aromatic ring is 1. The Morgan fingerprint density at radius 3 is 2.90 bits per heavy atom. The molecule has 0 spiro atoms. The minimum atomic E-state index is -0.494. The van der Waals surface area contributed by atoms with Crippen molar-refractivity contribution in [2.45, 2.75) is 6.54 Å². The van der Waals surface area contributed by atoms with Gasteiger partial charge < -0.3 is 15.8 Å². The third-order valence-corrected chi connectivity index (χ3v) is 3.09. The molecule has 3 N–H and O–H groups in total. The molecule has 20 heavy (non-hydrogen) atoms. The summed E-state index contributed by atoms with van der Waals surface area (Å²) >= 11 is 6.07. The Morgan fingerprint density at radius 2 is 2.20 bits per heavy atom. The molecule has 1 heterocycles. The van der Waals surface area contributed by atoms with E-state index in [1.165, 1.54) is 19.4 Å². The maximum atomic E-state index is 11.7. The smallest absolute Gasteiger partial charge is 0.341 e. The zero-order valence-corrected chi connectivity index (χ0v) is 11.6. The van der Waals surface area contributed by atoms with Crippen LogP contribution < -0.4 is 11.1 Å². The molecule has 0 bridgehead atoms. The van der Waals surface area contributed by atoms with Crippen molar-refractivity contribution in [1.29, 1.82) is 0 Å². The third kappa shape index (κ3) is 3.19. The summed E-state index contributed by atoms with van der Waals surface area (Å²) in [6, 6.07) is 8.96. The predicted octanol–water partition coefficient (Wildman–Crippen LogP) is 2.72. The minimum absolute atomic E-state index is 0.291. The number of rotatable bonds is 4. The number of nitrogens with two attached hydrogens (primary N) is 1. The number of carbonyl (C=O) groups is 1. The summed E-state index contributed by atoms with van der Waals surface area (Å²) in [5, 5.41) is 3.71. The van der Waals surface area contributed by atoms with E-state index in [4.69, 9.17) is 22.1 Å². The summed E-state index contributed by atoms with van der Waals surface area (Å²) in [4.78, 5) is 15.8. The fourth-order valence-corrected chi connectivity index (χ4v) is 1.91. The second-order valence-corrected chi connectivity index (χ2v) is 4.51. The zero-order valence-electron chi connectivity index (χ0n) is 10.9. The highest BCUT2D eigenvalue weighted by Gasteiger charge is 2.13. The second kappa shape index (κ2) is 6.25. The Labute approximate surface area is 121 Å². The van der Waals surface area contributed by atoms with E-state index in [0.717, 1.165) is 5.56 Å². The number of hydrogen-bond donors (Lipinski definition) is 2. The fourth-order valence-electron chi connectivity index (χ4n) is 1.71. The molecule has 0 amide bonds. The first-order valence-corrected chi connectivity index (χ1v) is 6.30. The standard InChI is InChI=1S/C14H14ClN3O2/c1-20-14(19)11-6-10(16)8-18-13(11)17-7-9-4-2-3-5-12(9)15/h2-6,8H,7,16H2,1H3,(H,17,18). The van der Waals surface area contributed by atoms with Crippen LogP contribution in [-0.2, 0) is 11.3 Å². The first-order chi connectivity index (χ1) is 9.61. The Morgan fingerprint density at radius 1 is 1.45 bits per heavy atom. The van der Waals surface area contributed by atoms with Crippen LogP contribution in [0.3, 0.4) is 0 Å². The second-order valence-electron chi connectivity index (χ2n) is 4.10. The van der Waals surface area contributed by atoms with Crippen molar-refractivity contribution in [1.82, 2.24) is 4.98 Å². The maximum absolute atomic E-state index is 11.7. The van der Waals surface area contributed by atoms with E-state index in [1.54, 1.807) is 6.07 Å². The van der Waals surface area contributed by atoms with Crippen molar-refractivity contribution >= 4 is 29.1 Å². The number of methoxy groups -OCH3 is 1. The van der Waals surface area contributed by atoms with E-state index < -0.39 is 5.97 Å². The molecule has 0 aliphatic heterocycles. The maximum Gasteiger partial charge on any atom is 0.341 e. The molecule has 104 valence electrons. The van der Waals surface area contributed by atoms with Gasteiger partial charge in [0.1, 0.15) is 11.4 Å². The number of esters is 1. The molecule has 1 aromatic heterocycles. The van der Waals surface area contributed by atoms with Crippen LogP contribution in [0.15, 0.2) is 36.5 Å². The van der Waals surface area contributed by atoms with Crippen LogP contribution in [0.4, 0.5) is 11.5 Å². The quantitative estimate of drug-likeness (QED) is 0.847. The Hall–Kier alpha value is -2.27. The monoisotopic (exact) mass is 291 g/mol. The van der Waals surface area contributed by atoms with Crippen molar-refractivity contribution in [2.24, 2.45) is 0 Å². The fraction of sp³-hybridized carbons (Fsp3) is 0.143. The van der Waals surface area contributed by atoms with Crippen LogP contribution >= 0.6 is 11.6 Å². The molecule has 0 aliphatic carbocycles. The number of nitrogens with zero attached hydrogens (tertiary/aromatic N) is 1. The molecule has 0 aliphatic rings. The average Bonchev–Trinajstić information content (AvgIpc) is 2.46. The number of nitrogens with one attached hydrogen (secondary N) is 1. The summed E-state index contributed by atoms with van der Waals surface area (Å²) < 4.78 is 4.71. The van der Waals surface area contributed by atoms with Crippen molar-refractivity contribution in [3.63, 3.8) is 0 Å². The van der Waals surface area contributed by atoms with Crippen molar-refractivity contribution < 1.29 is 9.53 Å². The predicted molar refractivity (Wildman–Crippen MR) is 78.8 cm³/mol. The summed E-state index contributed by atoms with van der Waals surface area (Å²) in [7, 11) is 1.31. The van der Waals surface area contributed by atoms with Crippen LogP contribution in [0.5, 0.6) is 0 Å². The van der Waals surface area contributed by atoms with Gasteiger partial charge in [0.05, 0.1) is 19.0 Å². The molecule has 0 saturated carbocycles. The first-order valence-electron chi connectivity index (χ1n) is 5.93. The number of benzene rings is 1. The van der Waals surface area contributed by atoms with E-state index in [2.05, 4.69) is 10.3 Å². The Balaban J connectivity index is 2.21. The van der Waals surface area contributed by atoms with Gasteiger partial charge in [0.15, 0.2) is 0 Å². The number of carbonyl (C=O) groups excluding carboxylic acids is 1. The van der Waals surface area contributed by atoms with E-state index in [1.807, 2.05) is 18.2 Å². The first kappa shape index (κ1) is 14.1. The summed E-state index contributed by atoms with van der Waals surface area (Å²) in [6.45, 7) is 0.445. The van der Waals surface area contributed by atoms with Gasteiger partial charge in [-0.2, -0.15) is 0 Å².